The summed E-state index contributed by atoms with van der Waals surface area (Å²) in [6.45, 7) is 13.2. The smallest absolute Gasteiger partial charge is 0.349 e. The van der Waals surface area contributed by atoms with Gasteiger partial charge in [0.1, 0.15) is 11.6 Å². The summed E-state index contributed by atoms with van der Waals surface area (Å²) in [5.41, 5.74) is 3.89. The Kier molecular flexibility index (Phi) is 8.17. The molecule has 2 heterocycles. The second-order valence-electron chi connectivity index (χ2n) is 9.20. The number of ether oxygens (including phenoxy) is 1. The summed E-state index contributed by atoms with van der Waals surface area (Å²) in [5.74, 6) is -0.545. The van der Waals surface area contributed by atoms with E-state index in [-0.39, 0.29) is 11.5 Å². The van der Waals surface area contributed by atoms with Gasteiger partial charge in [-0.25, -0.2) is 4.79 Å². The quantitative estimate of drug-likeness (QED) is 0.354. The van der Waals surface area contributed by atoms with Crippen molar-refractivity contribution in [1.82, 2.24) is 9.47 Å². The molecule has 34 heavy (non-hydrogen) atoms. The zero-order valence-corrected chi connectivity index (χ0v) is 20.7. The van der Waals surface area contributed by atoms with Crippen LogP contribution in [0, 0.1) is 31.1 Å². The van der Waals surface area contributed by atoms with Crippen molar-refractivity contribution in [2.75, 3.05) is 31.1 Å². The molecular weight excluding hydrogens is 428 g/mol. The number of aromatic nitrogens is 1. The maximum absolute atomic E-state index is 12.9. The van der Waals surface area contributed by atoms with E-state index in [4.69, 9.17) is 4.74 Å². The van der Waals surface area contributed by atoms with E-state index in [0.29, 0.717) is 32.1 Å². The summed E-state index contributed by atoms with van der Waals surface area (Å²) in [6.07, 6.45) is 0.595. The normalized spacial score (nSPS) is 15.3. The van der Waals surface area contributed by atoms with Gasteiger partial charge in [-0.15, -0.1) is 0 Å². The number of carbonyl (C=O) groups excluding carboxylic acids is 2. The Morgan fingerprint density at radius 2 is 1.74 bits per heavy atom. The fourth-order valence-electron chi connectivity index (χ4n) is 4.27. The average Bonchev–Trinajstić information content (AvgIpc) is 3.09. The number of benzene rings is 1. The molecule has 1 atom stereocenters. The number of esters is 1. The number of hydrogen-bond acceptors (Lipinski definition) is 5. The topological polar surface area (TPSA) is 78.6 Å². The van der Waals surface area contributed by atoms with Gasteiger partial charge in [-0.3, -0.25) is 4.79 Å². The fourth-order valence-corrected chi connectivity index (χ4v) is 4.27. The van der Waals surface area contributed by atoms with Crippen LogP contribution in [-0.2, 0) is 20.9 Å². The monoisotopic (exact) mass is 462 g/mol. The van der Waals surface area contributed by atoms with Crippen molar-refractivity contribution in [1.29, 1.82) is 5.26 Å². The van der Waals surface area contributed by atoms with Crippen LogP contribution in [-0.4, -0.2) is 53.6 Å². The van der Waals surface area contributed by atoms with E-state index >= 15 is 0 Å². The maximum atomic E-state index is 12.9. The third-order valence-electron chi connectivity index (χ3n) is 6.14. The Morgan fingerprint density at radius 3 is 2.32 bits per heavy atom. The lowest BCUT2D eigenvalue weighted by atomic mass is 10.1. The highest BCUT2D eigenvalue weighted by Crippen LogP contribution is 2.21. The number of hydrogen-bond donors (Lipinski definition) is 0. The predicted molar refractivity (Wildman–Crippen MR) is 133 cm³/mol. The van der Waals surface area contributed by atoms with Gasteiger partial charge in [0, 0.05) is 49.8 Å². The van der Waals surface area contributed by atoms with Gasteiger partial charge in [0.05, 0.1) is 0 Å². The molecule has 7 nitrogen and oxygen atoms in total. The zero-order chi connectivity index (χ0) is 24.8. The molecule has 0 spiro atoms. The van der Waals surface area contributed by atoms with Crippen LogP contribution in [0.1, 0.15) is 37.7 Å². The molecule has 1 fully saturated rings. The molecule has 1 amide bonds. The zero-order valence-electron chi connectivity index (χ0n) is 20.7. The molecule has 2 aromatic rings. The molecule has 1 aliphatic rings. The second kappa shape index (κ2) is 11.1. The molecule has 7 heteroatoms. The van der Waals surface area contributed by atoms with Gasteiger partial charge < -0.3 is 19.1 Å². The lowest BCUT2D eigenvalue weighted by Crippen LogP contribution is -2.51. The first kappa shape index (κ1) is 25.1. The van der Waals surface area contributed by atoms with Gasteiger partial charge in [0.15, 0.2) is 6.10 Å². The van der Waals surface area contributed by atoms with Crippen molar-refractivity contribution >= 4 is 23.6 Å². The molecule has 1 unspecified atom stereocenters. The minimum Gasteiger partial charge on any atom is -0.448 e. The standard InChI is InChI=1S/C27H34N4O3/c1-19(2)18-31-20(3)15-23(21(31)4)16-24(17-28)27(33)34-22(5)26(32)30-13-11-29(12-14-30)25-9-7-6-8-10-25/h6-10,15-16,19,22H,11-14,18H2,1-5H3/b24-16+. The van der Waals surface area contributed by atoms with E-state index in [0.717, 1.165) is 29.2 Å². The number of piperazine rings is 1. The summed E-state index contributed by atoms with van der Waals surface area (Å²) in [6, 6.07) is 14.0. The Bertz CT molecular complexity index is 1090. The third-order valence-corrected chi connectivity index (χ3v) is 6.14. The molecule has 0 saturated carbocycles. The van der Waals surface area contributed by atoms with Crippen LogP contribution >= 0.6 is 0 Å². The van der Waals surface area contributed by atoms with Crippen LogP contribution in [0.5, 0.6) is 0 Å². The Hall–Kier alpha value is -3.53. The Morgan fingerprint density at radius 1 is 1.09 bits per heavy atom. The summed E-state index contributed by atoms with van der Waals surface area (Å²) in [4.78, 5) is 29.5. The van der Waals surface area contributed by atoms with Crippen LogP contribution < -0.4 is 4.90 Å². The van der Waals surface area contributed by atoms with Crippen molar-refractivity contribution in [2.45, 2.75) is 47.3 Å². The highest BCUT2D eigenvalue weighted by atomic mass is 16.5. The van der Waals surface area contributed by atoms with E-state index in [9.17, 15) is 14.9 Å². The van der Waals surface area contributed by atoms with Crippen LogP contribution in [0.2, 0.25) is 0 Å². The van der Waals surface area contributed by atoms with Crippen molar-refractivity contribution in [2.24, 2.45) is 5.92 Å². The number of nitrogens with zero attached hydrogens (tertiary/aromatic N) is 4. The summed E-state index contributed by atoms with van der Waals surface area (Å²) < 4.78 is 7.58. The SMILES string of the molecule is Cc1cc(/C=C(\C#N)C(=O)OC(C)C(=O)N2CCN(c3ccccc3)CC2)c(C)n1CC(C)C. The first-order chi connectivity index (χ1) is 16.2. The number of carbonyl (C=O) groups is 2. The van der Waals surface area contributed by atoms with Crippen LogP contribution in [0.4, 0.5) is 5.69 Å². The van der Waals surface area contributed by atoms with Crippen LogP contribution in [0.15, 0.2) is 42.0 Å². The van der Waals surface area contributed by atoms with Crippen molar-refractivity contribution in [3.63, 3.8) is 0 Å². The summed E-state index contributed by atoms with van der Waals surface area (Å²) in [5, 5.41) is 9.58. The van der Waals surface area contributed by atoms with E-state index in [2.05, 4.69) is 35.4 Å². The van der Waals surface area contributed by atoms with Crippen molar-refractivity contribution in [3.05, 3.63) is 58.9 Å². The molecule has 0 radical (unpaired) electrons. The Labute approximate surface area is 202 Å². The second-order valence-corrected chi connectivity index (χ2v) is 9.20. The van der Waals surface area contributed by atoms with Gasteiger partial charge >= 0.3 is 5.97 Å². The molecule has 1 aliphatic heterocycles. The fraction of sp³-hybridized carbons (Fsp3) is 0.444. The number of nitriles is 1. The lowest BCUT2D eigenvalue weighted by molar-refractivity contribution is -0.155. The largest absolute Gasteiger partial charge is 0.448 e. The minimum atomic E-state index is -0.958. The highest BCUT2D eigenvalue weighted by molar-refractivity contribution is 5.99. The van der Waals surface area contributed by atoms with Gasteiger partial charge in [0.2, 0.25) is 0 Å². The molecule has 1 aromatic heterocycles. The van der Waals surface area contributed by atoms with Crippen molar-refractivity contribution in [3.8, 4) is 6.07 Å². The molecule has 0 bridgehead atoms. The number of anilines is 1. The van der Waals surface area contributed by atoms with Crippen LogP contribution in [0.3, 0.4) is 0 Å². The number of amides is 1. The summed E-state index contributed by atoms with van der Waals surface area (Å²) in [7, 11) is 0. The van der Waals surface area contributed by atoms with Gasteiger partial charge in [-0.1, -0.05) is 32.0 Å². The average molecular weight is 463 g/mol. The molecule has 0 N–H and O–H groups in total. The maximum Gasteiger partial charge on any atom is 0.349 e. The molecule has 180 valence electrons. The number of para-hydroxylation sites is 1. The molecule has 3 rings (SSSR count). The van der Waals surface area contributed by atoms with E-state index in [1.165, 1.54) is 0 Å². The van der Waals surface area contributed by atoms with Gasteiger partial charge in [-0.05, 0) is 56.5 Å². The van der Waals surface area contributed by atoms with E-state index < -0.39 is 12.1 Å². The molecular formula is C27H34N4O3. The number of rotatable bonds is 7. The third kappa shape index (κ3) is 5.88. The van der Waals surface area contributed by atoms with Crippen molar-refractivity contribution < 1.29 is 14.3 Å². The molecule has 0 aliphatic carbocycles. The molecule has 1 aromatic carbocycles. The first-order valence-corrected chi connectivity index (χ1v) is 11.8. The highest BCUT2D eigenvalue weighted by Gasteiger charge is 2.28. The minimum absolute atomic E-state index is 0.113. The number of aryl methyl sites for hydroxylation is 1. The lowest BCUT2D eigenvalue weighted by Gasteiger charge is -2.37. The predicted octanol–water partition coefficient (Wildman–Crippen LogP) is 3.95. The first-order valence-electron chi connectivity index (χ1n) is 11.8. The molecule has 1 saturated heterocycles. The van der Waals surface area contributed by atoms with Crippen LogP contribution in [0.25, 0.3) is 6.08 Å². The van der Waals surface area contributed by atoms with E-state index in [1.54, 1.807) is 17.9 Å². The summed E-state index contributed by atoms with van der Waals surface area (Å²) >= 11 is 0. The van der Waals surface area contributed by atoms with Gasteiger partial charge in [-0.2, -0.15) is 5.26 Å². The Balaban J connectivity index is 1.62. The van der Waals surface area contributed by atoms with E-state index in [1.807, 2.05) is 44.2 Å². The van der Waals surface area contributed by atoms with Gasteiger partial charge in [0.25, 0.3) is 5.91 Å².